The van der Waals surface area contributed by atoms with E-state index in [2.05, 4.69) is 15.9 Å². The summed E-state index contributed by atoms with van der Waals surface area (Å²) in [4.78, 5) is 0. The van der Waals surface area contributed by atoms with Gasteiger partial charge in [0.1, 0.15) is 0 Å². The third-order valence-corrected chi connectivity index (χ3v) is 3.57. The van der Waals surface area contributed by atoms with Crippen molar-refractivity contribution in [1.82, 2.24) is 0 Å². The first-order valence-electron chi connectivity index (χ1n) is 4.95. The van der Waals surface area contributed by atoms with Crippen molar-refractivity contribution in [2.75, 3.05) is 0 Å². The van der Waals surface area contributed by atoms with Crippen molar-refractivity contribution in [2.24, 2.45) is 17.4 Å². The second-order valence-corrected chi connectivity index (χ2v) is 4.82. The minimum Gasteiger partial charge on any atom is -0.326 e. The van der Waals surface area contributed by atoms with Crippen LogP contribution in [0.3, 0.4) is 0 Å². The summed E-state index contributed by atoms with van der Waals surface area (Å²) in [6, 6.07) is 8.10. The Morgan fingerprint density at radius 1 is 1.21 bits per heavy atom. The summed E-state index contributed by atoms with van der Waals surface area (Å²) < 4.78 is 1.06. The van der Waals surface area contributed by atoms with E-state index in [0.717, 1.165) is 10.0 Å². The minimum absolute atomic E-state index is 0.0434. The molecule has 0 aliphatic heterocycles. The zero-order chi connectivity index (χ0) is 10.1. The fraction of sp³-hybridized carbons (Fsp3) is 0.455. The first-order chi connectivity index (χ1) is 6.70. The third-order valence-electron chi connectivity index (χ3n) is 2.85. The molecular weight excluding hydrogens is 240 g/mol. The normalized spacial score (nSPS) is 20.5. The topological polar surface area (TPSA) is 52.0 Å². The summed E-state index contributed by atoms with van der Waals surface area (Å²) in [5.41, 5.74) is 13.3. The standard InChI is InChI=1S/C11H15BrN2/c12-9-4-2-1-3-8(9)11(14)10(13)7-5-6-7/h1-4,7,10-11H,5-6,13-14H2. The average Bonchev–Trinajstić information content (AvgIpc) is 3.00. The summed E-state index contributed by atoms with van der Waals surface area (Å²) in [6.07, 6.45) is 2.47. The Kier molecular flexibility index (Phi) is 2.91. The van der Waals surface area contributed by atoms with Gasteiger partial charge >= 0.3 is 0 Å². The highest BCUT2D eigenvalue weighted by atomic mass is 79.9. The van der Waals surface area contributed by atoms with E-state index in [9.17, 15) is 0 Å². The lowest BCUT2D eigenvalue weighted by molar-refractivity contribution is 0.492. The summed E-state index contributed by atoms with van der Waals surface area (Å²) in [5, 5.41) is 0. The first kappa shape index (κ1) is 10.1. The van der Waals surface area contributed by atoms with E-state index in [-0.39, 0.29) is 12.1 Å². The molecule has 0 saturated heterocycles. The van der Waals surface area contributed by atoms with Gasteiger partial charge < -0.3 is 11.5 Å². The van der Waals surface area contributed by atoms with E-state index in [1.165, 1.54) is 12.8 Å². The van der Waals surface area contributed by atoms with E-state index in [1.807, 2.05) is 24.3 Å². The maximum absolute atomic E-state index is 6.13. The van der Waals surface area contributed by atoms with Crippen LogP contribution < -0.4 is 11.5 Å². The molecule has 1 aliphatic rings. The van der Waals surface area contributed by atoms with Crippen LogP contribution in [-0.2, 0) is 0 Å². The molecule has 76 valence electrons. The number of nitrogens with two attached hydrogens (primary N) is 2. The van der Waals surface area contributed by atoms with Gasteiger partial charge in [-0.25, -0.2) is 0 Å². The van der Waals surface area contributed by atoms with Gasteiger partial charge in [0.15, 0.2) is 0 Å². The maximum Gasteiger partial charge on any atom is 0.0462 e. The van der Waals surface area contributed by atoms with Gasteiger partial charge in [-0.15, -0.1) is 0 Å². The largest absolute Gasteiger partial charge is 0.326 e. The van der Waals surface area contributed by atoms with Crippen LogP contribution in [-0.4, -0.2) is 6.04 Å². The Morgan fingerprint density at radius 3 is 2.43 bits per heavy atom. The number of hydrogen-bond acceptors (Lipinski definition) is 2. The van der Waals surface area contributed by atoms with Gasteiger partial charge in [0.25, 0.3) is 0 Å². The second kappa shape index (κ2) is 4.01. The van der Waals surface area contributed by atoms with Gasteiger partial charge in [-0.05, 0) is 30.4 Å². The fourth-order valence-corrected chi connectivity index (χ4v) is 2.28. The highest BCUT2D eigenvalue weighted by Gasteiger charge is 2.33. The molecule has 2 atom stereocenters. The molecule has 1 saturated carbocycles. The summed E-state index contributed by atoms with van der Waals surface area (Å²) >= 11 is 3.50. The smallest absolute Gasteiger partial charge is 0.0462 e. The molecule has 2 unspecified atom stereocenters. The van der Waals surface area contributed by atoms with Crippen LogP contribution in [0.5, 0.6) is 0 Å². The number of halogens is 1. The Balaban J connectivity index is 2.17. The maximum atomic E-state index is 6.13. The predicted molar refractivity (Wildman–Crippen MR) is 61.8 cm³/mol. The molecule has 4 N–H and O–H groups in total. The van der Waals surface area contributed by atoms with Crippen molar-refractivity contribution in [1.29, 1.82) is 0 Å². The zero-order valence-corrected chi connectivity index (χ0v) is 9.57. The Hall–Kier alpha value is -0.380. The van der Waals surface area contributed by atoms with Gasteiger partial charge in [-0.3, -0.25) is 0 Å². The van der Waals surface area contributed by atoms with Gasteiger partial charge in [0, 0.05) is 16.6 Å². The first-order valence-corrected chi connectivity index (χ1v) is 5.75. The Bertz CT molecular complexity index is 323. The van der Waals surface area contributed by atoms with Crippen molar-refractivity contribution in [3.8, 4) is 0 Å². The van der Waals surface area contributed by atoms with Crippen molar-refractivity contribution in [2.45, 2.75) is 24.9 Å². The SMILES string of the molecule is NC(c1ccccc1Br)C(N)C1CC1. The molecule has 1 aliphatic carbocycles. The molecule has 3 heteroatoms. The molecule has 0 amide bonds. The highest BCUT2D eigenvalue weighted by Crippen LogP contribution is 2.37. The van der Waals surface area contributed by atoms with E-state index < -0.39 is 0 Å². The van der Waals surface area contributed by atoms with Gasteiger partial charge in [0.05, 0.1) is 0 Å². The van der Waals surface area contributed by atoms with Gasteiger partial charge in [-0.1, -0.05) is 34.1 Å². The monoisotopic (exact) mass is 254 g/mol. The van der Waals surface area contributed by atoms with Crippen LogP contribution in [0.1, 0.15) is 24.4 Å². The minimum atomic E-state index is -0.0434. The van der Waals surface area contributed by atoms with E-state index in [1.54, 1.807) is 0 Å². The lowest BCUT2D eigenvalue weighted by Crippen LogP contribution is -2.36. The molecule has 1 aromatic rings. The number of benzene rings is 1. The molecule has 0 heterocycles. The van der Waals surface area contributed by atoms with Crippen LogP contribution in [0.4, 0.5) is 0 Å². The van der Waals surface area contributed by atoms with Gasteiger partial charge in [0.2, 0.25) is 0 Å². The van der Waals surface area contributed by atoms with Crippen molar-refractivity contribution >= 4 is 15.9 Å². The molecule has 0 aromatic heterocycles. The summed E-state index contributed by atoms with van der Waals surface area (Å²) in [5.74, 6) is 0.636. The molecule has 14 heavy (non-hydrogen) atoms. The lowest BCUT2D eigenvalue weighted by Gasteiger charge is -2.20. The number of hydrogen-bond donors (Lipinski definition) is 2. The molecule has 1 aromatic carbocycles. The molecule has 0 spiro atoms. The molecule has 2 rings (SSSR count). The van der Waals surface area contributed by atoms with Crippen molar-refractivity contribution < 1.29 is 0 Å². The molecule has 0 bridgehead atoms. The van der Waals surface area contributed by atoms with Crippen LogP contribution in [0.15, 0.2) is 28.7 Å². The number of rotatable bonds is 3. The molecule has 1 fully saturated rings. The van der Waals surface area contributed by atoms with Crippen LogP contribution >= 0.6 is 15.9 Å². The second-order valence-electron chi connectivity index (χ2n) is 3.96. The molecule has 0 radical (unpaired) electrons. The summed E-state index contributed by atoms with van der Waals surface area (Å²) in [6.45, 7) is 0. The van der Waals surface area contributed by atoms with E-state index in [0.29, 0.717) is 5.92 Å². The van der Waals surface area contributed by atoms with Crippen molar-refractivity contribution in [3.05, 3.63) is 34.3 Å². The summed E-state index contributed by atoms with van der Waals surface area (Å²) in [7, 11) is 0. The Labute approximate surface area is 92.8 Å². The molecular formula is C11H15BrN2. The van der Waals surface area contributed by atoms with Gasteiger partial charge in [-0.2, -0.15) is 0 Å². The van der Waals surface area contributed by atoms with Crippen LogP contribution in [0.25, 0.3) is 0 Å². The van der Waals surface area contributed by atoms with Crippen molar-refractivity contribution in [3.63, 3.8) is 0 Å². The lowest BCUT2D eigenvalue weighted by atomic mass is 9.97. The fourth-order valence-electron chi connectivity index (χ4n) is 1.73. The van der Waals surface area contributed by atoms with Crippen LogP contribution in [0, 0.1) is 5.92 Å². The van der Waals surface area contributed by atoms with E-state index in [4.69, 9.17) is 11.5 Å². The van der Waals surface area contributed by atoms with E-state index >= 15 is 0 Å². The molecule has 2 nitrogen and oxygen atoms in total. The highest BCUT2D eigenvalue weighted by molar-refractivity contribution is 9.10. The predicted octanol–water partition coefficient (Wildman–Crippen LogP) is 2.19. The third kappa shape index (κ3) is 2.00. The average molecular weight is 255 g/mol. The van der Waals surface area contributed by atoms with Crippen LogP contribution in [0.2, 0.25) is 0 Å². The quantitative estimate of drug-likeness (QED) is 0.869. The Morgan fingerprint density at radius 2 is 1.86 bits per heavy atom. The zero-order valence-electron chi connectivity index (χ0n) is 7.99.